The third kappa shape index (κ3) is 2.81. The van der Waals surface area contributed by atoms with Gasteiger partial charge in [-0.2, -0.15) is 5.10 Å². The van der Waals surface area contributed by atoms with Crippen LogP contribution in [-0.2, 0) is 13.1 Å². The van der Waals surface area contributed by atoms with E-state index in [1.54, 1.807) is 6.20 Å². The normalized spacial score (nSPS) is 11.4. The number of nitrogens with two attached hydrogens (primary N) is 1. The van der Waals surface area contributed by atoms with Crippen molar-refractivity contribution in [3.05, 3.63) is 84.4 Å². The van der Waals surface area contributed by atoms with Gasteiger partial charge in [0.15, 0.2) is 5.82 Å². The number of fused-ring (bicyclic) bond motifs is 3. The van der Waals surface area contributed by atoms with E-state index in [0.717, 1.165) is 35.0 Å². The maximum Gasteiger partial charge on any atom is 0.152 e. The summed E-state index contributed by atoms with van der Waals surface area (Å²) in [4.78, 5) is 8.98. The van der Waals surface area contributed by atoms with E-state index in [1.807, 2.05) is 41.5 Å². The molecule has 0 radical (unpaired) electrons. The number of hydrogen-bond donors (Lipinski definition) is 1. The topological polar surface area (TPSA) is 74.5 Å². The van der Waals surface area contributed by atoms with Crippen LogP contribution in [0.2, 0.25) is 0 Å². The Morgan fingerprint density at radius 2 is 1.78 bits per heavy atom. The number of rotatable bonds is 4. The summed E-state index contributed by atoms with van der Waals surface area (Å²) in [7, 11) is 0. The summed E-state index contributed by atoms with van der Waals surface area (Å²) in [6, 6.07) is 18.5. The van der Waals surface area contributed by atoms with Crippen LogP contribution in [0.1, 0.15) is 11.1 Å². The lowest BCUT2D eigenvalue weighted by Gasteiger charge is -2.09. The van der Waals surface area contributed by atoms with E-state index < -0.39 is 0 Å². The van der Waals surface area contributed by atoms with E-state index >= 15 is 0 Å². The monoisotopic (exact) mass is 354 g/mol. The highest BCUT2D eigenvalue weighted by Gasteiger charge is 2.12. The Bertz CT molecular complexity index is 1240. The zero-order chi connectivity index (χ0) is 18.2. The summed E-state index contributed by atoms with van der Waals surface area (Å²) >= 11 is 0. The Kier molecular flexibility index (Phi) is 3.60. The first-order valence-corrected chi connectivity index (χ1v) is 8.82. The summed E-state index contributed by atoms with van der Waals surface area (Å²) in [5, 5.41) is 5.34. The molecule has 0 amide bonds. The standard InChI is InChI=1S/C21H18N6/c22-21-19-20(17-7-1-2-8-18(17)25-21)26(14-23-19)12-15-5-3-6-16(11-15)13-27-10-4-9-24-27/h1-11,14H,12-13H2,(H2,22,25). The number of para-hydroxylation sites is 1. The predicted octanol–water partition coefficient (Wildman–Crippen LogP) is 3.46. The molecule has 0 unspecified atom stereocenters. The van der Waals surface area contributed by atoms with E-state index in [0.29, 0.717) is 5.82 Å². The summed E-state index contributed by atoms with van der Waals surface area (Å²) in [5.74, 6) is 0.467. The van der Waals surface area contributed by atoms with Crippen molar-refractivity contribution in [3.8, 4) is 0 Å². The maximum atomic E-state index is 6.13. The van der Waals surface area contributed by atoms with Gasteiger partial charge in [-0.25, -0.2) is 9.97 Å². The molecule has 0 aliphatic rings. The SMILES string of the molecule is Nc1nc2ccccc2c2c1ncn2Cc1cccc(Cn2cccn2)c1. The van der Waals surface area contributed by atoms with Crippen molar-refractivity contribution in [2.75, 3.05) is 5.73 Å². The fraction of sp³-hybridized carbons (Fsp3) is 0.0952. The lowest BCUT2D eigenvalue weighted by atomic mass is 10.1. The quantitative estimate of drug-likeness (QED) is 0.536. The highest BCUT2D eigenvalue weighted by molar-refractivity contribution is 6.06. The Hall–Kier alpha value is -3.67. The predicted molar refractivity (Wildman–Crippen MR) is 106 cm³/mol. The van der Waals surface area contributed by atoms with Gasteiger partial charge in [0.1, 0.15) is 5.52 Å². The third-order valence-corrected chi connectivity index (χ3v) is 4.73. The molecule has 3 aromatic heterocycles. The number of anilines is 1. The number of nitrogens with zero attached hydrogens (tertiary/aromatic N) is 5. The van der Waals surface area contributed by atoms with Gasteiger partial charge in [-0.3, -0.25) is 4.68 Å². The van der Waals surface area contributed by atoms with Crippen LogP contribution in [0.25, 0.3) is 21.9 Å². The highest BCUT2D eigenvalue weighted by Crippen LogP contribution is 2.27. The second kappa shape index (κ2) is 6.25. The molecule has 0 aliphatic carbocycles. The van der Waals surface area contributed by atoms with Crippen LogP contribution in [0.4, 0.5) is 5.82 Å². The number of imidazole rings is 1. The van der Waals surface area contributed by atoms with Crippen LogP contribution in [-0.4, -0.2) is 24.3 Å². The van der Waals surface area contributed by atoms with Gasteiger partial charge in [0.05, 0.1) is 23.9 Å². The van der Waals surface area contributed by atoms with Gasteiger partial charge in [0, 0.05) is 24.3 Å². The number of aromatic nitrogens is 5. The van der Waals surface area contributed by atoms with Crippen molar-refractivity contribution in [1.29, 1.82) is 0 Å². The second-order valence-electron chi connectivity index (χ2n) is 6.61. The van der Waals surface area contributed by atoms with Crippen molar-refractivity contribution < 1.29 is 0 Å². The van der Waals surface area contributed by atoms with E-state index in [-0.39, 0.29) is 0 Å². The van der Waals surface area contributed by atoms with Gasteiger partial charge in [0.25, 0.3) is 0 Å². The molecule has 0 spiro atoms. The minimum atomic E-state index is 0.467. The third-order valence-electron chi connectivity index (χ3n) is 4.73. The van der Waals surface area contributed by atoms with Crippen molar-refractivity contribution in [2.45, 2.75) is 13.1 Å². The van der Waals surface area contributed by atoms with E-state index in [4.69, 9.17) is 5.73 Å². The number of benzene rings is 2. The Labute approximate surface area is 155 Å². The molecule has 132 valence electrons. The number of hydrogen-bond acceptors (Lipinski definition) is 4. The molecule has 0 saturated carbocycles. The van der Waals surface area contributed by atoms with E-state index in [1.165, 1.54) is 11.1 Å². The molecule has 5 aromatic rings. The van der Waals surface area contributed by atoms with Gasteiger partial charge in [-0.1, -0.05) is 42.5 Å². The van der Waals surface area contributed by atoms with Gasteiger partial charge in [-0.05, 0) is 23.3 Å². The smallest absolute Gasteiger partial charge is 0.152 e. The summed E-state index contributed by atoms with van der Waals surface area (Å²) < 4.78 is 4.06. The molecule has 6 heteroatoms. The molecule has 0 atom stereocenters. The first-order valence-electron chi connectivity index (χ1n) is 8.82. The molecule has 6 nitrogen and oxygen atoms in total. The van der Waals surface area contributed by atoms with Crippen LogP contribution in [0.3, 0.4) is 0 Å². The molecule has 5 rings (SSSR count). The van der Waals surface area contributed by atoms with Gasteiger partial charge in [-0.15, -0.1) is 0 Å². The lowest BCUT2D eigenvalue weighted by molar-refractivity contribution is 0.685. The van der Waals surface area contributed by atoms with E-state index in [2.05, 4.69) is 50.0 Å². The fourth-order valence-corrected chi connectivity index (χ4v) is 3.53. The molecule has 3 heterocycles. The first-order chi connectivity index (χ1) is 13.3. The van der Waals surface area contributed by atoms with Crippen LogP contribution in [0.15, 0.2) is 73.3 Å². The number of pyridine rings is 1. The van der Waals surface area contributed by atoms with Gasteiger partial charge in [0.2, 0.25) is 0 Å². The van der Waals surface area contributed by atoms with E-state index in [9.17, 15) is 0 Å². The fourth-order valence-electron chi connectivity index (χ4n) is 3.53. The lowest BCUT2D eigenvalue weighted by Crippen LogP contribution is -2.03. The minimum absolute atomic E-state index is 0.467. The molecule has 0 saturated heterocycles. The average molecular weight is 354 g/mol. The van der Waals surface area contributed by atoms with Crippen LogP contribution in [0.5, 0.6) is 0 Å². The van der Waals surface area contributed by atoms with Crippen LogP contribution in [0, 0.1) is 0 Å². The Morgan fingerprint density at radius 3 is 2.63 bits per heavy atom. The van der Waals surface area contributed by atoms with Crippen LogP contribution < -0.4 is 5.73 Å². The maximum absolute atomic E-state index is 6.13. The molecule has 0 aliphatic heterocycles. The first kappa shape index (κ1) is 15.6. The zero-order valence-corrected chi connectivity index (χ0v) is 14.7. The molecule has 0 fully saturated rings. The van der Waals surface area contributed by atoms with Crippen molar-refractivity contribution in [2.24, 2.45) is 0 Å². The summed E-state index contributed by atoms with van der Waals surface area (Å²) in [6.45, 7) is 1.47. The Morgan fingerprint density at radius 1 is 0.926 bits per heavy atom. The second-order valence-corrected chi connectivity index (χ2v) is 6.61. The van der Waals surface area contributed by atoms with Crippen LogP contribution >= 0.6 is 0 Å². The molecular weight excluding hydrogens is 336 g/mol. The van der Waals surface area contributed by atoms with Gasteiger partial charge < -0.3 is 10.3 Å². The molecule has 0 bridgehead atoms. The number of nitrogen functional groups attached to an aromatic ring is 1. The summed E-state index contributed by atoms with van der Waals surface area (Å²) in [5.41, 5.74) is 11.2. The average Bonchev–Trinajstić information content (AvgIpc) is 3.33. The van der Waals surface area contributed by atoms with Crippen molar-refractivity contribution >= 4 is 27.8 Å². The zero-order valence-electron chi connectivity index (χ0n) is 14.7. The molecule has 2 aromatic carbocycles. The van der Waals surface area contributed by atoms with Crippen molar-refractivity contribution in [1.82, 2.24) is 24.3 Å². The summed E-state index contributed by atoms with van der Waals surface area (Å²) in [6.07, 6.45) is 5.61. The largest absolute Gasteiger partial charge is 0.382 e. The molecule has 27 heavy (non-hydrogen) atoms. The molecule has 2 N–H and O–H groups in total. The van der Waals surface area contributed by atoms with Gasteiger partial charge >= 0.3 is 0 Å². The van der Waals surface area contributed by atoms with Crippen molar-refractivity contribution in [3.63, 3.8) is 0 Å². The minimum Gasteiger partial charge on any atom is -0.382 e. The molecular formula is C21H18N6. The highest BCUT2D eigenvalue weighted by atomic mass is 15.3. The Balaban J connectivity index is 1.55.